The van der Waals surface area contributed by atoms with E-state index in [-0.39, 0.29) is 18.1 Å². The maximum absolute atomic E-state index is 9.36. The Morgan fingerprint density at radius 2 is 0.980 bits per heavy atom. The molecule has 3 heterocycles. The van der Waals surface area contributed by atoms with Crippen molar-refractivity contribution >= 4 is 75.1 Å². The van der Waals surface area contributed by atoms with Gasteiger partial charge in [-0.05, 0) is 82.9 Å². The topological polar surface area (TPSA) is 9.86 Å². The van der Waals surface area contributed by atoms with Crippen molar-refractivity contribution in [1.82, 2.24) is 9.13 Å². The van der Waals surface area contributed by atoms with Gasteiger partial charge in [-0.3, -0.25) is 0 Å². The van der Waals surface area contributed by atoms with Crippen molar-refractivity contribution in [3.8, 4) is 33.6 Å². The highest BCUT2D eigenvalue weighted by Crippen LogP contribution is 2.44. The van der Waals surface area contributed by atoms with Gasteiger partial charge in [-0.25, -0.2) is 0 Å². The van der Waals surface area contributed by atoms with Crippen molar-refractivity contribution in [3.63, 3.8) is 0 Å². The summed E-state index contributed by atoms with van der Waals surface area (Å²) in [6.45, 7) is 0. The molecule has 238 valence electrons. The van der Waals surface area contributed by atoms with E-state index in [1.54, 1.807) is 11.3 Å². The number of nitrogens with zero attached hydrogens (tertiary/aromatic N) is 2. The van der Waals surface area contributed by atoms with E-state index in [0.717, 1.165) is 75.9 Å². The molecule has 0 N–H and O–H groups in total. The van der Waals surface area contributed by atoms with Crippen LogP contribution in [0.5, 0.6) is 0 Å². The lowest BCUT2D eigenvalue weighted by atomic mass is 9.99. The van der Waals surface area contributed by atoms with Crippen LogP contribution in [0, 0.1) is 0 Å². The Morgan fingerprint density at radius 3 is 1.75 bits per heavy atom. The lowest BCUT2D eigenvalue weighted by molar-refractivity contribution is 1.17. The van der Waals surface area contributed by atoms with Crippen LogP contribution < -0.4 is 0 Å². The molecule has 0 aliphatic carbocycles. The lowest BCUT2D eigenvalue weighted by Gasteiger charge is -2.12. The number of hydrogen-bond acceptors (Lipinski definition) is 1. The molecule has 0 spiro atoms. The molecule has 11 aromatic rings. The van der Waals surface area contributed by atoms with Crippen LogP contribution in [0.4, 0.5) is 0 Å². The van der Waals surface area contributed by atoms with Gasteiger partial charge in [0.25, 0.3) is 0 Å². The Balaban J connectivity index is 1.21. The van der Waals surface area contributed by atoms with E-state index >= 15 is 0 Å². The molecule has 51 heavy (non-hydrogen) atoms. The lowest BCUT2D eigenvalue weighted by Crippen LogP contribution is -1.95. The zero-order valence-corrected chi connectivity index (χ0v) is 28.2. The summed E-state index contributed by atoms with van der Waals surface area (Å²) in [7, 11) is 0. The summed E-state index contributed by atoms with van der Waals surface area (Å²) < 4.78 is 34.5. The zero-order valence-electron chi connectivity index (χ0n) is 30.4. The van der Waals surface area contributed by atoms with Gasteiger partial charge >= 0.3 is 0 Å². The fourth-order valence-electron chi connectivity index (χ4n) is 8.15. The monoisotopic (exact) mass is 669 g/mol. The maximum Gasteiger partial charge on any atom is 0.0645 e. The van der Waals surface area contributed by atoms with Crippen LogP contribution in [0.1, 0.15) is 4.11 Å². The van der Waals surface area contributed by atoms with Crippen molar-refractivity contribution in [2.75, 3.05) is 0 Å². The molecule has 11 rings (SSSR count). The first kappa shape index (κ1) is 25.5. The molecule has 0 atom stereocenters. The molecule has 3 heteroatoms. The van der Waals surface area contributed by atoms with E-state index in [1.807, 2.05) is 24.3 Å². The van der Waals surface area contributed by atoms with E-state index in [2.05, 4.69) is 149 Å². The normalized spacial score (nSPS) is 12.7. The third-order valence-corrected chi connectivity index (χ3v) is 11.4. The fraction of sp³-hybridized carbons (Fsp3) is 0. The van der Waals surface area contributed by atoms with Crippen LogP contribution in [0.25, 0.3) is 97.4 Å². The second-order valence-corrected chi connectivity index (χ2v) is 14.2. The second-order valence-electron chi connectivity index (χ2n) is 13.1. The number of para-hydroxylation sites is 2. The number of aromatic nitrogens is 2. The van der Waals surface area contributed by atoms with E-state index in [0.29, 0.717) is 11.3 Å². The first-order valence-electron chi connectivity index (χ1n) is 18.7. The average molecular weight is 670 g/mol. The summed E-state index contributed by atoms with van der Waals surface area (Å²) in [4.78, 5) is 0. The maximum atomic E-state index is 9.36. The van der Waals surface area contributed by atoms with Crippen molar-refractivity contribution in [2.24, 2.45) is 0 Å². The summed E-state index contributed by atoms with van der Waals surface area (Å²) in [5, 5.41) is 6.70. The highest BCUT2D eigenvalue weighted by atomic mass is 32.1. The average Bonchev–Trinajstić information content (AvgIpc) is 3.88. The van der Waals surface area contributed by atoms with Crippen molar-refractivity contribution in [1.29, 1.82) is 0 Å². The number of benzene rings is 8. The van der Waals surface area contributed by atoms with Gasteiger partial charge in [0.2, 0.25) is 0 Å². The van der Waals surface area contributed by atoms with Crippen molar-refractivity contribution < 1.29 is 4.11 Å². The SMILES string of the molecule is [2H]c1c(-c2cccc3sc4ccccc4c23)cc(-n2c3ccccc3c3c4c5ccccc5n(-c5cccc(-c6ccccc6)c5)c4ccc32)c([2H])c1[2H]. The summed E-state index contributed by atoms with van der Waals surface area (Å²) in [6.07, 6.45) is 0. The first-order chi connectivity index (χ1) is 26.6. The predicted molar refractivity (Wildman–Crippen MR) is 219 cm³/mol. The second kappa shape index (κ2) is 11.0. The summed E-state index contributed by atoms with van der Waals surface area (Å²) in [5.74, 6) is 0. The van der Waals surface area contributed by atoms with E-state index < -0.39 is 0 Å². The van der Waals surface area contributed by atoms with Crippen LogP contribution in [0.15, 0.2) is 182 Å². The smallest absolute Gasteiger partial charge is 0.0645 e. The largest absolute Gasteiger partial charge is 0.309 e. The van der Waals surface area contributed by atoms with Crippen LogP contribution in [0.2, 0.25) is 0 Å². The minimum atomic E-state index is -0.0825. The van der Waals surface area contributed by atoms with Crippen molar-refractivity contribution in [2.45, 2.75) is 0 Å². The van der Waals surface area contributed by atoms with Crippen LogP contribution in [0.3, 0.4) is 0 Å². The number of fused-ring (bicyclic) bond motifs is 10. The molecule has 3 aromatic heterocycles. The third-order valence-electron chi connectivity index (χ3n) is 10.3. The summed E-state index contributed by atoms with van der Waals surface area (Å²) in [6, 6.07) is 57.2. The van der Waals surface area contributed by atoms with Crippen molar-refractivity contribution in [3.05, 3.63) is 182 Å². The number of rotatable bonds is 4. The molecule has 0 aliphatic heterocycles. The van der Waals surface area contributed by atoms with Gasteiger partial charge in [0, 0.05) is 53.1 Å². The van der Waals surface area contributed by atoms with Gasteiger partial charge in [-0.1, -0.05) is 121 Å². The number of hydrogen-bond donors (Lipinski definition) is 0. The fourth-order valence-corrected chi connectivity index (χ4v) is 9.28. The van der Waals surface area contributed by atoms with Crippen LogP contribution >= 0.6 is 11.3 Å². The van der Waals surface area contributed by atoms with Gasteiger partial charge in [0.1, 0.15) is 0 Å². The molecule has 0 radical (unpaired) electrons. The molecule has 0 amide bonds. The number of thiophene rings is 1. The molecule has 8 aromatic carbocycles. The standard InChI is InChI=1S/C48H30N2S/c1-2-13-31(14-3-1)32-15-10-17-34(29-32)49-40-23-7-4-19-37(40)47-42(49)27-28-43-48(47)38-20-5-8-24-41(38)50(43)35-18-11-16-33(30-35)36-22-12-26-45-46(36)39-21-6-9-25-44(39)51-45/h1-30H/i11D,16D,18D. The molecular formula is C48H30N2S. The Morgan fingerprint density at radius 1 is 0.392 bits per heavy atom. The molecule has 0 unspecified atom stereocenters. The molecule has 0 bridgehead atoms. The summed E-state index contributed by atoms with van der Waals surface area (Å²) >= 11 is 1.74. The van der Waals surface area contributed by atoms with Gasteiger partial charge < -0.3 is 9.13 Å². The van der Waals surface area contributed by atoms with Crippen LogP contribution in [-0.4, -0.2) is 9.13 Å². The van der Waals surface area contributed by atoms with Gasteiger partial charge in [0.15, 0.2) is 0 Å². The molecular weight excluding hydrogens is 637 g/mol. The molecule has 0 saturated carbocycles. The molecule has 0 fully saturated rings. The van der Waals surface area contributed by atoms with Gasteiger partial charge in [0.05, 0.1) is 26.2 Å². The highest BCUT2D eigenvalue weighted by molar-refractivity contribution is 7.25. The minimum absolute atomic E-state index is 0.0361. The molecule has 2 nitrogen and oxygen atoms in total. The predicted octanol–water partition coefficient (Wildman–Crippen LogP) is 13.6. The highest BCUT2D eigenvalue weighted by Gasteiger charge is 2.21. The zero-order chi connectivity index (χ0) is 36.1. The minimum Gasteiger partial charge on any atom is -0.309 e. The molecule has 0 aliphatic rings. The third kappa shape index (κ3) is 4.22. The van der Waals surface area contributed by atoms with Gasteiger partial charge in [-0.2, -0.15) is 0 Å². The quantitative estimate of drug-likeness (QED) is 0.176. The first-order valence-corrected chi connectivity index (χ1v) is 18.0. The van der Waals surface area contributed by atoms with E-state index in [9.17, 15) is 2.74 Å². The van der Waals surface area contributed by atoms with Gasteiger partial charge in [-0.15, -0.1) is 11.3 Å². The molecule has 0 saturated heterocycles. The van der Waals surface area contributed by atoms with E-state index in [4.69, 9.17) is 1.37 Å². The Bertz CT molecular complexity index is 3320. The van der Waals surface area contributed by atoms with E-state index in [1.165, 1.54) is 10.3 Å². The Labute approximate surface area is 302 Å². The Hall–Kier alpha value is -6.42. The summed E-state index contributed by atoms with van der Waals surface area (Å²) in [5.41, 5.74) is 9.71. The van der Waals surface area contributed by atoms with Crippen LogP contribution in [-0.2, 0) is 0 Å². The Kier molecular flexibility index (Phi) is 5.53.